The van der Waals surface area contributed by atoms with Crippen molar-refractivity contribution in [3.63, 3.8) is 0 Å². The highest BCUT2D eigenvalue weighted by molar-refractivity contribution is 7.13. The van der Waals surface area contributed by atoms with Gasteiger partial charge in [-0.25, -0.2) is 9.78 Å². The first kappa shape index (κ1) is 21.5. The number of aromatic nitrogens is 1. The maximum atomic E-state index is 12.0. The van der Waals surface area contributed by atoms with Gasteiger partial charge in [0.25, 0.3) is 0 Å². The molecule has 0 unspecified atom stereocenters. The first-order chi connectivity index (χ1) is 14.5. The summed E-state index contributed by atoms with van der Waals surface area (Å²) in [6.07, 6.45) is 0.497. The zero-order valence-corrected chi connectivity index (χ0v) is 17.5. The van der Waals surface area contributed by atoms with Crippen LogP contribution in [0.15, 0.2) is 53.9 Å². The molecule has 0 atom stereocenters. The van der Waals surface area contributed by atoms with Crippen LogP contribution >= 0.6 is 22.9 Å². The molecule has 0 aliphatic heterocycles. The summed E-state index contributed by atoms with van der Waals surface area (Å²) in [5.74, 6) is -2.02. The molecule has 0 aliphatic carbocycles. The highest BCUT2D eigenvalue weighted by atomic mass is 35.5. The highest BCUT2D eigenvalue weighted by Crippen LogP contribution is 2.25. The number of esters is 1. The van der Waals surface area contributed by atoms with Crippen LogP contribution in [0.25, 0.3) is 10.6 Å². The fourth-order valence-electron chi connectivity index (χ4n) is 2.53. The molecule has 0 aliphatic rings. The van der Waals surface area contributed by atoms with E-state index < -0.39 is 17.8 Å². The van der Waals surface area contributed by atoms with Gasteiger partial charge in [0, 0.05) is 34.6 Å². The minimum atomic E-state index is -0.791. The van der Waals surface area contributed by atoms with Crippen LogP contribution in [-0.2, 0) is 20.7 Å². The molecule has 2 N–H and O–H groups in total. The quantitative estimate of drug-likeness (QED) is 0.448. The van der Waals surface area contributed by atoms with E-state index in [4.69, 9.17) is 11.6 Å². The predicted molar refractivity (Wildman–Crippen MR) is 116 cm³/mol. The topological polar surface area (TPSA) is 97.4 Å². The van der Waals surface area contributed by atoms with E-state index in [1.54, 1.807) is 12.1 Å². The molecule has 0 spiro atoms. The number of anilines is 1. The van der Waals surface area contributed by atoms with Gasteiger partial charge < -0.3 is 15.4 Å². The van der Waals surface area contributed by atoms with Gasteiger partial charge in [0.05, 0.1) is 18.4 Å². The third-order valence-corrected chi connectivity index (χ3v) is 5.27. The minimum absolute atomic E-state index is 0.275. The number of carbonyl (C=O) groups is 3. The number of nitrogens with zero attached hydrogens (tertiary/aromatic N) is 1. The Balaban J connectivity index is 1.47. The molecule has 30 heavy (non-hydrogen) atoms. The number of amides is 2. The minimum Gasteiger partial charge on any atom is -0.465 e. The Hall–Kier alpha value is -3.23. The number of rotatable bonds is 6. The van der Waals surface area contributed by atoms with Crippen molar-refractivity contribution < 1.29 is 19.1 Å². The molecule has 1 heterocycles. The summed E-state index contributed by atoms with van der Waals surface area (Å²) in [6, 6.07) is 13.4. The first-order valence-electron chi connectivity index (χ1n) is 8.94. The predicted octanol–water partition coefficient (Wildman–Crippen LogP) is 3.55. The monoisotopic (exact) mass is 443 g/mol. The molecule has 0 saturated carbocycles. The van der Waals surface area contributed by atoms with Crippen LogP contribution in [0.2, 0.25) is 5.02 Å². The average molecular weight is 444 g/mol. The molecular formula is C21H18ClN3O4S. The number of nitrogens with one attached hydrogen (secondary N) is 2. The Labute approximate surface area is 182 Å². The molecule has 3 rings (SSSR count). The van der Waals surface area contributed by atoms with Crippen molar-refractivity contribution in [2.75, 3.05) is 19.0 Å². The molecule has 0 radical (unpaired) electrons. The van der Waals surface area contributed by atoms with Gasteiger partial charge in [-0.2, -0.15) is 0 Å². The van der Waals surface area contributed by atoms with Gasteiger partial charge in [0.1, 0.15) is 5.01 Å². The summed E-state index contributed by atoms with van der Waals surface area (Å²) in [5.41, 5.74) is 2.54. The number of carbonyl (C=O) groups excluding carboxylic acids is 3. The lowest BCUT2D eigenvalue weighted by atomic mass is 10.2. The number of methoxy groups -OCH3 is 1. The Morgan fingerprint density at radius 3 is 2.40 bits per heavy atom. The van der Waals surface area contributed by atoms with Crippen molar-refractivity contribution in [3.8, 4) is 10.6 Å². The lowest BCUT2D eigenvalue weighted by molar-refractivity contribution is -0.136. The molecule has 2 aromatic carbocycles. The number of benzene rings is 2. The summed E-state index contributed by atoms with van der Waals surface area (Å²) in [7, 11) is 1.28. The molecule has 3 aromatic rings. The molecule has 0 fully saturated rings. The normalized spacial score (nSPS) is 10.3. The largest absolute Gasteiger partial charge is 0.465 e. The molecule has 0 saturated heterocycles. The van der Waals surface area contributed by atoms with Crippen LogP contribution in [0.1, 0.15) is 16.1 Å². The SMILES string of the molecule is COC(=O)c1ccc(NC(=O)C(=O)NCCc2csc(-c3ccc(Cl)cc3)n2)cc1. The van der Waals surface area contributed by atoms with E-state index in [-0.39, 0.29) is 6.54 Å². The van der Waals surface area contributed by atoms with E-state index in [0.29, 0.717) is 22.7 Å². The molecule has 0 bridgehead atoms. The van der Waals surface area contributed by atoms with Gasteiger partial charge in [-0.15, -0.1) is 11.3 Å². The van der Waals surface area contributed by atoms with Crippen LogP contribution in [0.5, 0.6) is 0 Å². The lowest BCUT2D eigenvalue weighted by Crippen LogP contribution is -2.36. The first-order valence-corrected chi connectivity index (χ1v) is 10.2. The summed E-state index contributed by atoms with van der Waals surface area (Å²) >= 11 is 7.40. The fourth-order valence-corrected chi connectivity index (χ4v) is 3.51. The molecular weight excluding hydrogens is 426 g/mol. The number of ether oxygens (including phenoxy) is 1. The Kier molecular flexibility index (Phi) is 7.16. The van der Waals surface area contributed by atoms with Gasteiger partial charge in [-0.1, -0.05) is 23.7 Å². The number of hydrogen-bond donors (Lipinski definition) is 2. The van der Waals surface area contributed by atoms with Gasteiger partial charge in [0.15, 0.2) is 0 Å². The van der Waals surface area contributed by atoms with Crippen molar-refractivity contribution in [1.82, 2.24) is 10.3 Å². The van der Waals surface area contributed by atoms with E-state index in [0.717, 1.165) is 16.3 Å². The lowest BCUT2D eigenvalue weighted by Gasteiger charge is -2.06. The number of thiazole rings is 1. The van der Waals surface area contributed by atoms with E-state index >= 15 is 0 Å². The molecule has 9 heteroatoms. The Morgan fingerprint density at radius 1 is 1.03 bits per heavy atom. The average Bonchev–Trinajstić information content (AvgIpc) is 3.23. The summed E-state index contributed by atoms with van der Waals surface area (Å²) in [4.78, 5) is 39.9. The van der Waals surface area contributed by atoms with Crippen LogP contribution in [0.4, 0.5) is 5.69 Å². The second kappa shape index (κ2) is 10.00. The Bertz CT molecular complexity index is 1050. The van der Waals surface area contributed by atoms with Crippen molar-refractivity contribution in [3.05, 3.63) is 70.2 Å². The van der Waals surface area contributed by atoms with Crippen LogP contribution in [0.3, 0.4) is 0 Å². The van der Waals surface area contributed by atoms with Crippen molar-refractivity contribution in [1.29, 1.82) is 0 Å². The third-order valence-electron chi connectivity index (χ3n) is 4.08. The van der Waals surface area contributed by atoms with Crippen LogP contribution in [0, 0.1) is 0 Å². The second-order valence-corrected chi connectivity index (χ2v) is 7.47. The maximum absolute atomic E-state index is 12.0. The van der Waals surface area contributed by atoms with E-state index in [2.05, 4.69) is 20.4 Å². The fraction of sp³-hybridized carbons (Fsp3) is 0.143. The zero-order valence-electron chi connectivity index (χ0n) is 16.0. The van der Waals surface area contributed by atoms with Gasteiger partial charge in [-0.3, -0.25) is 9.59 Å². The van der Waals surface area contributed by atoms with Crippen molar-refractivity contribution in [2.45, 2.75) is 6.42 Å². The van der Waals surface area contributed by atoms with E-state index in [9.17, 15) is 14.4 Å². The van der Waals surface area contributed by atoms with Crippen LogP contribution < -0.4 is 10.6 Å². The molecule has 154 valence electrons. The highest BCUT2D eigenvalue weighted by Gasteiger charge is 2.14. The Morgan fingerprint density at radius 2 is 1.73 bits per heavy atom. The second-order valence-electron chi connectivity index (χ2n) is 6.18. The number of hydrogen-bond acceptors (Lipinski definition) is 6. The molecule has 7 nitrogen and oxygen atoms in total. The summed E-state index contributed by atoms with van der Waals surface area (Å²) < 4.78 is 4.61. The van der Waals surface area contributed by atoms with E-state index in [1.165, 1.54) is 42.7 Å². The standard InChI is InChI=1S/C21H18ClN3O4S/c1-29-21(28)14-4-8-16(9-5-14)24-19(27)18(26)23-11-10-17-12-30-20(25-17)13-2-6-15(22)7-3-13/h2-9,12H,10-11H2,1H3,(H,23,26)(H,24,27). The van der Waals surface area contributed by atoms with E-state index in [1.807, 2.05) is 17.5 Å². The van der Waals surface area contributed by atoms with Crippen molar-refractivity contribution in [2.24, 2.45) is 0 Å². The van der Waals surface area contributed by atoms with Gasteiger partial charge >= 0.3 is 17.8 Å². The summed E-state index contributed by atoms with van der Waals surface area (Å²) in [6.45, 7) is 0.275. The van der Waals surface area contributed by atoms with Crippen LogP contribution in [-0.4, -0.2) is 36.4 Å². The number of halogens is 1. The van der Waals surface area contributed by atoms with Crippen molar-refractivity contribution >= 4 is 46.4 Å². The summed E-state index contributed by atoms with van der Waals surface area (Å²) in [5, 5.41) is 8.49. The molecule has 1 aromatic heterocycles. The third kappa shape index (κ3) is 5.65. The molecule has 2 amide bonds. The van der Waals surface area contributed by atoms with Gasteiger partial charge in [0.2, 0.25) is 0 Å². The zero-order chi connectivity index (χ0) is 21.5. The smallest absolute Gasteiger partial charge is 0.337 e. The maximum Gasteiger partial charge on any atom is 0.337 e. The van der Waals surface area contributed by atoms with Gasteiger partial charge in [-0.05, 0) is 36.4 Å².